The maximum atomic E-state index is 11.1. The number of aromatic nitrogens is 1. The summed E-state index contributed by atoms with van der Waals surface area (Å²) < 4.78 is 4.50. The van der Waals surface area contributed by atoms with Crippen molar-refractivity contribution in [3.05, 3.63) is 28.5 Å². The number of halogens is 1. The summed E-state index contributed by atoms with van der Waals surface area (Å²) in [6, 6.07) is 1.41. The summed E-state index contributed by atoms with van der Waals surface area (Å²) in [5.74, 6) is 4.11. The lowest BCUT2D eigenvalue weighted by Crippen LogP contribution is -2.02. The lowest BCUT2D eigenvalue weighted by Gasteiger charge is -2.00. The van der Waals surface area contributed by atoms with E-state index >= 15 is 0 Å². The van der Waals surface area contributed by atoms with Gasteiger partial charge in [0.15, 0.2) is 6.29 Å². The minimum absolute atomic E-state index is 0.136. The highest BCUT2D eigenvalue weighted by Gasteiger charge is 2.08. The zero-order chi connectivity index (χ0) is 11.3. The summed E-state index contributed by atoms with van der Waals surface area (Å²) in [5, 5.41) is 0.136. The number of pyridine rings is 1. The molecule has 1 aromatic heterocycles. The molecule has 0 saturated heterocycles. The van der Waals surface area contributed by atoms with Gasteiger partial charge in [0.25, 0.3) is 0 Å². The van der Waals surface area contributed by atoms with Gasteiger partial charge in [-0.1, -0.05) is 17.5 Å². The number of esters is 1. The van der Waals surface area contributed by atoms with E-state index in [9.17, 15) is 9.59 Å². The Labute approximate surface area is 91.2 Å². The highest BCUT2D eigenvalue weighted by molar-refractivity contribution is 6.30. The molecule has 0 aromatic carbocycles. The van der Waals surface area contributed by atoms with Crippen LogP contribution in [0.2, 0.25) is 5.15 Å². The Morgan fingerprint density at radius 2 is 2.40 bits per heavy atom. The molecule has 15 heavy (non-hydrogen) atoms. The molecule has 0 fully saturated rings. The third-order valence-corrected chi connectivity index (χ3v) is 1.83. The molecule has 0 saturated carbocycles. The average Bonchev–Trinajstić information content (AvgIpc) is 2.27. The molecular formula is C10H6ClNO3. The predicted molar refractivity (Wildman–Crippen MR) is 53.5 cm³/mol. The molecule has 0 amide bonds. The first kappa shape index (κ1) is 11.2. The van der Waals surface area contributed by atoms with E-state index in [1.807, 2.05) is 0 Å². The van der Waals surface area contributed by atoms with Crippen LogP contribution in [0.15, 0.2) is 12.3 Å². The van der Waals surface area contributed by atoms with Gasteiger partial charge in [-0.05, 0) is 12.0 Å². The molecule has 0 radical (unpaired) electrons. The second-order valence-electron chi connectivity index (χ2n) is 2.44. The summed E-state index contributed by atoms with van der Waals surface area (Å²) in [6.45, 7) is 0. The van der Waals surface area contributed by atoms with Crippen LogP contribution in [-0.2, 0) is 9.53 Å². The van der Waals surface area contributed by atoms with Crippen molar-refractivity contribution in [2.24, 2.45) is 0 Å². The molecule has 5 heteroatoms. The van der Waals surface area contributed by atoms with Gasteiger partial charge in [-0.2, -0.15) is 0 Å². The zero-order valence-corrected chi connectivity index (χ0v) is 8.54. The molecule has 1 aromatic rings. The first-order valence-corrected chi connectivity index (χ1v) is 4.26. The molecular weight excluding hydrogens is 218 g/mol. The highest BCUT2D eigenvalue weighted by atomic mass is 35.5. The number of nitrogens with zero attached hydrogens (tertiary/aromatic N) is 1. The Bertz CT molecular complexity index is 459. The maximum Gasteiger partial charge on any atom is 0.339 e. The van der Waals surface area contributed by atoms with E-state index in [0.29, 0.717) is 11.8 Å². The molecule has 0 aliphatic carbocycles. The molecule has 0 spiro atoms. The fourth-order valence-electron chi connectivity index (χ4n) is 0.872. The minimum Gasteiger partial charge on any atom is -0.465 e. The van der Waals surface area contributed by atoms with Crippen LogP contribution in [-0.4, -0.2) is 24.3 Å². The SMILES string of the molecule is COC(=O)c1cnc(Cl)c(C#CC=O)c1. The predicted octanol–water partition coefficient (Wildman–Crippen LogP) is 1.07. The van der Waals surface area contributed by atoms with Gasteiger partial charge in [0.2, 0.25) is 0 Å². The number of rotatable bonds is 1. The summed E-state index contributed by atoms with van der Waals surface area (Å²) in [5.41, 5.74) is 0.545. The van der Waals surface area contributed by atoms with Gasteiger partial charge >= 0.3 is 5.97 Å². The summed E-state index contributed by atoms with van der Waals surface area (Å²) in [6.07, 6.45) is 1.71. The maximum absolute atomic E-state index is 11.1. The standard InChI is InChI=1S/C10H6ClNO3/c1-15-10(14)8-5-7(3-2-4-13)9(11)12-6-8/h4-6H,1H3. The van der Waals surface area contributed by atoms with Crippen LogP contribution >= 0.6 is 11.6 Å². The van der Waals surface area contributed by atoms with Crippen molar-refractivity contribution in [3.8, 4) is 11.8 Å². The molecule has 0 atom stereocenters. The van der Waals surface area contributed by atoms with Gasteiger partial charge < -0.3 is 4.74 Å². The Hall–Kier alpha value is -1.86. The topological polar surface area (TPSA) is 56.3 Å². The van der Waals surface area contributed by atoms with E-state index in [0.717, 1.165) is 0 Å². The van der Waals surface area contributed by atoms with Gasteiger partial charge in [0.1, 0.15) is 5.15 Å². The summed E-state index contributed by atoms with van der Waals surface area (Å²) >= 11 is 5.70. The van der Waals surface area contributed by atoms with E-state index in [4.69, 9.17) is 11.6 Å². The van der Waals surface area contributed by atoms with Gasteiger partial charge in [0.05, 0.1) is 18.2 Å². The Balaban J connectivity index is 3.16. The van der Waals surface area contributed by atoms with Gasteiger partial charge in [0, 0.05) is 6.20 Å². The summed E-state index contributed by atoms with van der Waals surface area (Å²) in [7, 11) is 1.26. The third kappa shape index (κ3) is 2.79. The van der Waals surface area contributed by atoms with E-state index in [-0.39, 0.29) is 10.7 Å². The first-order chi connectivity index (χ1) is 7.19. The van der Waals surface area contributed by atoms with E-state index in [2.05, 4.69) is 21.6 Å². The van der Waals surface area contributed by atoms with Crippen LogP contribution in [0.1, 0.15) is 15.9 Å². The van der Waals surface area contributed by atoms with Gasteiger partial charge in [-0.3, -0.25) is 4.79 Å². The largest absolute Gasteiger partial charge is 0.465 e. The number of carbonyl (C=O) groups is 2. The van der Waals surface area contributed by atoms with Crippen molar-refractivity contribution < 1.29 is 14.3 Å². The third-order valence-electron chi connectivity index (χ3n) is 1.53. The van der Waals surface area contributed by atoms with Crippen molar-refractivity contribution >= 4 is 23.9 Å². The van der Waals surface area contributed by atoms with Crippen molar-refractivity contribution in [1.29, 1.82) is 0 Å². The normalized spacial score (nSPS) is 8.67. The number of carbonyl (C=O) groups excluding carboxylic acids is 2. The Kier molecular flexibility index (Phi) is 3.83. The number of aldehydes is 1. The molecule has 4 nitrogen and oxygen atoms in total. The lowest BCUT2D eigenvalue weighted by molar-refractivity contribution is -0.103. The molecule has 0 aliphatic heterocycles. The molecule has 0 aliphatic rings. The van der Waals surface area contributed by atoms with E-state index < -0.39 is 5.97 Å². The highest BCUT2D eigenvalue weighted by Crippen LogP contribution is 2.13. The Morgan fingerprint density at radius 3 is 3.00 bits per heavy atom. The number of ether oxygens (including phenoxy) is 1. The second-order valence-corrected chi connectivity index (χ2v) is 2.80. The van der Waals surface area contributed by atoms with Crippen LogP contribution in [0.25, 0.3) is 0 Å². The Morgan fingerprint density at radius 1 is 1.67 bits per heavy atom. The number of methoxy groups -OCH3 is 1. The number of hydrogen-bond donors (Lipinski definition) is 0. The van der Waals surface area contributed by atoms with Crippen molar-refractivity contribution in [3.63, 3.8) is 0 Å². The van der Waals surface area contributed by atoms with Crippen molar-refractivity contribution in [2.45, 2.75) is 0 Å². The number of hydrogen-bond acceptors (Lipinski definition) is 4. The van der Waals surface area contributed by atoms with Crippen LogP contribution in [0, 0.1) is 11.8 Å². The summed E-state index contributed by atoms with van der Waals surface area (Å²) in [4.78, 5) is 24.9. The van der Waals surface area contributed by atoms with E-state index in [1.54, 1.807) is 0 Å². The van der Waals surface area contributed by atoms with Crippen LogP contribution < -0.4 is 0 Å². The average molecular weight is 224 g/mol. The fourth-order valence-corrected chi connectivity index (χ4v) is 1.02. The van der Waals surface area contributed by atoms with Crippen molar-refractivity contribution in [2.75, 3.05) is 7.11 Å². The second kappa shape index (κ2) is 5.13. The molecule has 1 rings (SSSR count). The van der Waals surface area contributed by atoms with Crippen LogP contribution in [0.3, 0.4) is 0 Å². The lowest BCUT2D eigenvalue weighted by atomic mass is 10.2. The fraction of sp³-hybridized carbons (Fsp3) is 0.100. The minimum atomic E-state index is -0.534. The molecule has 0 N–H and O–H groups in total. The van der Waals surface area contributed by atoms with Gasteiger partial charge in [-0.15, -0.1) is 0 Å². The van der Waals surface area contributed by atoms with Crippen molar-refractivity contribution in [1.82, 2.24) is 4.98 Å². The van der Waals surface area contributed by atoms with Crippen LogP contribution in [0.5, 0.6) is 0 Å². The van der Waals surface area contributed by atoms with E-state index in [1.165, 1.54) is 19.4 Å². The van der Waals surface area contributed by atoms with Gasteiger partial charge in [-0.25, -0.2) is 9.78 Å². The molecule has 76 valence electrons. The first-order valence-electron chi connectivity index (χ1n) is 3.88. The molecule has 1 heterocycles. The quantitative estimate of drug-likeness (QED) is 0.309. The molecule has 0 bridgehead atoms. The van der Waals surface area contributed by atoms with Crippen LogP contribution in [0.4, 0.5) is 0 Å². The zero-order valence-electron chi connectivity index (χ0n) is 7.78. The molecule has 0 unspecified atom stereocenters. The monoisotopic (exact) mass is 223 g/mol. The smallest absolute Gasteiger partial charge is 0.339 e.